The average molecular weight is 285 g/mol. The molecule has 0 amide bonds. The summed E-state index contributed by atoms with van der Waals surface area (Å²) >= 11 is 7.95. The van der Waals surface area contributed by atoms with Gasteiger partial charge in [-0.15, -0.1) is 11.6 Å². The van der Waals surface area contributed by atoms with Gasteiger partial charge in [0.2, 0.25) is 5.88 Å². The average Bonchev–Trinajstić information content (AvgIpc) is 3.03. The van der Waals surface area contributed by atoms with Gasteiger partial charge in [0.25, 0.3) is 0 Å². The highest BCUT2D eigenvalue weighted by atomic mass is 35.5. The fourth-order valence-corrected chi connectivity index (χ4v) is 3.67. The molecule has 0 bridgehead atoms. The molecule has 1 saturated heterocycles. The second-order valence-corrected chi connectivity index (χ2v) is 5.52. The Morgan fingerprint density at radius 1 is 1.56 bits per heavy atom. The summed E-state index contributed by atoms with van der Waals surface area (Å²) in [4.78, 5) is 12.9. The molecule has 0 saturated carbocycles. The van der Waals surface area contributed by atoms with E-state index in [0.29, 0.717) is 23.3 Å². The van der Waals surface area contributed by atoms with Gasteiger partial charge < -0.3 is 9.30 Å². The van der Waals surface area contributed by atoms with Crippen molar-refractivity contribution in [3.05, 3.63) is 12.2 Å². The summed E-state index contributed by atoms with van der Waals surface area (Å²) in [6.07, 6.45) is 2.64. The van der Waals surface area contributed by atoms with Crippen molar-refractivity contribution in [2.45, 2.75) is 18.3 Å². The first-order valence-electron chi connectivity index (χ1n) is 5.74. The molecule has 0 aliphatic carbocycles. The molecular formula is C11H13ClN4OS. The van der Waals surface area contributed by atoms with Crippen LogP contribution in [-0.4, -0.2) is 38.1 Å². The molecular weight excluding hydrogens is 272 g/mol. The summed E-state index contributed by atoms with van der Waals surface area (Å²) in [6.45, 7) is 0. The second kappa shape index (κ2) is 4.93. The minimum absolute atomic E-state index is 0.376. The first-order valence-corrected chi connectivity index (χ1v) is 7.43. The number of halogens is 1. The zero-order valence-electron chi connectivity index (χ0n) is 9.97. The van der Waals surface area contributed by atoms with E-state index in [0.717, 1.165) is 23.6 Å². The zero-order valence-corrected chi connectivity index (χ0v) is 11.5. The number of aromatic nitrogens is 4. The molecule has 1 aliphatic rings. The predicted octanol–water partition coefficient (Wildman–Crippen LogP) is 2.25. The maximum atomic E-state index is 6.00. The Bertz CT molecular complexity index is 567. The van der Waals surface area contributed by atoms with Crippen LogP contribution in [0.25, 0.3) is 11.2 Å². The van der Waals surface area contributed by atoms with Crippen molar-refractivity contribution >= 4 is 34.5 Å². The third-order valence-corrected chi connectivity index (χ3v) is 4.48. The Balaban J connectivity index is 2.21. The van der Waals surface area contributed by atoms with Crippen molar-refractivity contribution in [2.75, 3.05) is 18.6 Å². The summed E-state index contributed by atoms with van der Waals surface area (Å²) in [6, 6.07) is 0.424. The lowest BCUT2D eigenvalue weighted by Gasteiger charge is -2.13. The van der Waals surface area contributed by atoms with Crippen LogP contribution in [0.5, 0.6) is 5.88 Å². The van der Waals surface area contributed by atoms with Gasteiger partial charge in [-0.25, -0.2) is 9.97 Å². The molecule has 2 aromatic heterocycles. The summed E-state index contributed by atoms with van der Waals surface area (Å²) in [5.74, 6) is 3.99. The minimum Gasteiger partial charge on any atom is -0.479 e. The Hall–Kier alpha value is -1.01. The van der Waals surface area contributed by atoms with Crippen molar-refractivity contribution < 1.29 is 4.74 Å². The number of hydrogen-bond donors (Lipinski definition) is 0. The zero-order chi connectivity index (χ0) is 12.5. The molecule has 0 N–H and O–H groups in total. The highest BCUT2D eigenvalue weighted by Crippen LogP contribution is 2.33. The first kappa shape index (κ1) is 12.0. The van der Waals surface area contributed by atoms with E-state index in [1.54, 1.807) is 7.11 Å². The van der Waals surface area contributed by atoms with E-state index in [1.165, 1.54) is 12.1 Å². The minimum atomic E-state index is 0.376. The third-order valence-electron chi connectivity index (χ3n) is 3.10. The monoisotopic (exact) mass is 284 g/mol. The van der Waals surface area contributed by atoms with E-state index >= 15 is 0 Å². The van der Waals surface area contributed by atoms with E-state index in [9.17, 15) is 0 Å². The molecule has 1 aliphatic heterocycles. The lowest BCUT2D eigenvalue weighted by molar-refractivity contribution is 0.401. The van der Waals surface area contributed by atoms with Gasteiger partial charge in [0.15, 0.2) is 11.2 Å². The normalized spacial score (nSPS) is 19.6. The number of methoxy groups -OCH3 is 1. The van der Waals surface area contributed by atoms with E-state index in [2.05, 4.69) is 19.5 Å². The molecule has 3 heterocycles. The van der Waals surface area contributed by atoms with Crippen LogP contribution in [0.4, 0.5) is 0 Å². The molecule has 96 valence electrons. The molecule has 0 spiro atoms. The summed E-state index contributed by atoms with van der Waals surface area (Å²) in [7, 11) is 1.59. The Morgan fingerprint density at radius 3 is 3.11 bits per heavy atom. The molecule has 0 aromatic carbocycles. The molecule has 5 nitrogen and oxygen atoms in total. The van der Waals surface area contributed by atoms with E-state index in [-0.39, 0.29) is 0 Å². The third kappa shape index (κ3) is 1.83. The number of hydrogen-bond acceptors (Lipinski definition) is 5. The second-order valence-electron chi connectivity index (χ2n) is 4.10. The van der Waals surface area contributed by atoms with E-state index in [4.69, 9.17) is 16.3 Å². The quantitative estimate of drug-likeness (QED) is 0.809. The van der Waals surface area contributed by atoms with Crippen molar-refractivity contribution in [1.82, 2.24) is 19.5 Å². The van der Waals surface area contributed by atoms with Gasteiger partial charge in [0, 0.05) is 11.8 Å². The van der Waals surface area contributed by atoms with Crippen molar-refractivity contribution in [3.63, 3.8) is 0 Å². The molecule has 1 unspecified atom stereocenters. The van der Waals surface area contributed by atoms with E-state index in [1.807, 2.05) is 11.8 Å². The van der Waals surface area contributed by atoms with Crippen LogP contribution >= 0.6 is 23.4 Å². The number of ether oxygens (including phenoxy) is 1. The van der Waals surface area contributed by atoms with E-state index < -0.39 is 0 Å². The number of fused-ring (bicyclic) bond motifs is 1. The number of thioether (sulfide) groups is 1. The molecule has 2 aromatic rings. The van der Waals surface area contributed by atoms with Crippen molar-refractivity contribution in [2.24, 2.45) is 0 Å². The van der Waals surface area contributed by atoms with Crippen LogP contribution in [0.15, 0.2) is 6.33 Å². The SMILES string of the molecule is COc1ncnc2c1nc(CCl)n2C1CCSC1. The highest BCUT2D eigenvalue weighted by Gasteiger charge is 2.24. The molecule has 1 atom stereocenters. The smallest absolute Gasteiger partial charge is 0.245 e. The highest BCUT2D eigenvalue weighted by molar-refractivity contribution is 7.99. The van der Waals surface area contributed by atoms with Crippen LogP contribution in [0.3, 0.4) is 0 Å². The maximum Gasteiger partial charge on any atom is 0.245 e. The standard InChI is InChI=1S/C11H13ClN4OS/c1-17-11-9-10(13-6-14-11)16(8(4-12)15-9)7-2-3-18-5-7/h6-7H,2-5H2,1H3. The van der Waals surface area contributed by atoms with Gasteiger partial charge in [-0.05, 0) is 12.2 Å². The number of alkyl halides is 1. The Morgan fingerprint density at radius 2 is 2.44 bits per heavy atom. The first-order chi connectivity index (χ1) is 8.85. The molecule has 7 heteroatoms. The number of rotatable bonds is 3. The van der Waals surface area contributed by atoms with Crippen LogP contribution in [0, 0.1) is 0 Å². The topological polar surface area (TPSA) is 52.8 Å². The lowest BCUT2D eigenvalue weighted by atomic mass is 10.2. The predicted molar refractivity (Wildman–Crippen MR) is 72.4 cm³/mol. The van der Waals surface area contributed by atoms with Crippen LogP contribution in [-0.2, 0) is 5.88 Å². The van der Waals surface area contributed by atoms with Crippen molar-refractivity contribution in [1.29, 1.82) is 0 Å². The number of imidazole rings is 1. The van der Waals surface area contributed by atoms with Gasteiger partial charge in [-0.3, -0.25) is 0 Å². The maximum absolute atomic E-state index is 6.00. The fourth-order valence-electron chi connectivity index (χ4n) is 2.29. The summed E-state index contributed by atoms with van der Waals surface area (Å²) in [5, 5.41) is 0. The number of nitrogens with zero attached hydrogens (tertiary/aromatic N) is 4. The molecule has 1 fully saturated rings. The van der Waals surface area contributed by atoms with Gasteiger partial charge in [-0.2, -0.15) is 16.7 Å². The molecule has 18 heavy (non-hydrogen) atoms. The lowest BCUT2D eigenvalue weighted by Crippen LogP contribution is -2.11. The van der Waals surface area contributed by atoms with Gasteiger partial charge >= 0.3 is 0 Å². The van der Waals surface area contributed by atoms with Crippen molar-refractivity contribution in [3.8, 4) is 5.88 Å². The molecule has 3 rings (SSSR count). The Kier molecular flexibility index (Phi) is 3.30. The summed E-state index contributed by atoms with van der Waals surface area (Å²) < 4.78 is 7.37. The van der Waals surface area contributed by atoms with Gasteiger partial charge in [-0.1, -0.05) is 0 Å². The molecule has 0 radical (unpaired) electrons. The van der Waals surface area contributed by atoms with Crippen LogP contribution < -0.4 is 4.74 Å². The summed E-state index contributed by atoms with van der Waals surface area (Å²) in [5.41, 5.74) is 1.53. The fraction of sp³-hybridized carbons (Fsp3) is 0.545. The van der Waals surface area contributed by atoms with Gasteiger partial charge in [0.05, 0.1) is 13.0 Å². The van der Waals surface area contributed by atoms with Crippen LogP contribution in [0.1, 0.15) is 18.3 Å². The van der Waals surface area contributed by atoms with Gasteiger partial charge in [0.1, 0.15) is 12.2 Å². The van der Waals surface area contributed by atoms with Crippen LogP contribution in [0.2, 0.25) is 0 Å². The largest absolute Gasteiger partial charge is 0.479 e. The Labute approximate surface area is 114 Å².